The van der Waals surface area contributed by atoms with E-state index in [-0.39, 0.29) is 29.5 Å². The molecule has 0 spiro atoms. The van der Waals surface area contributed by atoms with E-state index >= 15 is 0 Å². The molecule has 4 aliphatic rings. The summed E-state index contributed by atoms with van der Waals surface area (Å²) in [6.45, 7) is 0. The fraction of sp³-hybridized carbons (Fsp3) is 0.417. The molecule has 1 saturated heterocycles. The van der Waals surface area contributed by atoms with Crippen molar-refractivity contribution in [2.24, 2.45) is 15.9 Å². The van der Waals surface area contributed by atoms with Gasteiger partial charge in [-0.1, -0.05) is 18.2 Å². The summed E-state index contributed by atoms with van der Waals surface area (Å²) in [7, 11) is -3.00. The van der Waals surface area contributed by atoms with Crippen LogP contribution in [0.2, 0.25) is 0 Å². The molecule has 3 unspecified atom stereocenters. The molecule has 1 fully saturated rings. The van der Waals surface area contributed by atoms with Gasteiger partial charge in [-0.15, -0.1) is 0 Å². The summed E-state index contributed by atoms with van der Waals surface area (Å²) in [5, 5.41) is 0.439. The molecule has 5 nitrogen and oxygen atoms in total. The average molecular weight is 293 g/mol. The van der Waals surface area contributed by atoms with Gasteiger partial charge in [-0.2, -0.15) is 0 Å². The lowest BCUT2D eigenvalue weighted by molar-refractivity contribution is 0.469. The monoisotopic (exact) mass is 293 g/mol. The molecule has 1 aliphatic carbocycles. The molecule has 3 aliphatic heterocycles. The van der Waals surface area contributed by atoms with Gasteiger partial charge in [0.15, 0.2) is 9.84 Å². The number of amidine groups is 1. The maximum absolute atomic E-state index is 11.7. The van der Waals surface area contributed by atoms with Crippen molar-refractivity contribution in [1.82, 2.24) is 4.90 Å². The molecule has 19 heavy (non-hydrogen) atoms. The number of sulfone groups is 1. The van der Waals surface area contributed by atoms with Gasteiger partial charge >= 0.3 is 0 Å². The third-order valence-electron chi connectivity index (χ3n) is 3.88. The second kappa shape index (κ2) is 3.61. The highest BCUT2D eigenvalue weighted by Gasteiger charge is 2.50. The Balaban J connectivity index is 1.81. The molecule has 0 saturated carbocycles. The second-order valence-electron chi connectivity index (χ2n) is 5.11. The third-order valence-corrected chi connectivity index (χ3v) is 5.87. The molecule has 3 atom stereocenters. The largest absolute Gasteiger partial charge is 0.298 e. The molecule has 0 bridgehead atoms. The lowest BCUT2D eigenvalue weighted by atomic mass is 9.95. The van der Waals surface area contributed by atoms with E-state index < -0.39 is 9.84 Å². The van der Waals surface area contributed by atoms with Crippen LogP contribution in [0.1, 0.15) is 0 Å². The van der Waals surface area contributed by atoms with Gasteiger partial charge in [0, 0.05) is 0 Å². The summed E-state index contributed by atoms with van der Waals surface area (Å²) < 4.78 is 23.4. The van der Waals surface area contributed by atoms with Gasteiger partial charge < -0.3 is 0 Å². The minimum atomic E-state index is -3.00. The van der Waals surface area contributed by atoms with Crippen molar-refractivity contribution < 1.29 is 8.42 Å². The molecular weight excluding hydrogens is 282 g/mol. The van der Waals surface area contributed by atoms with E-state index in [4.69, 9.17) is 12.2 Å². The Kier molecular flexibility index (Phi) is 2.18. The Bertz CT molecular complexity index is 702. The van der Waals surface area contributed by atoms with Gasteiger partial charge in [0.1, 0.15) is 5.84 Å². The fourth-order valence-electron chi connectivity index (χ4n) is 3.07. The average Bonchev–Trinajstić information content (AvgIpc) is 2.81. The van der Waals surface area contributed by atoms with Crippen molar-refractivity contribution in [3.05, 3.63) is 24.3 Å². The second-order valence-corrected chi connectivity index (χ2v) is 7.63. The van der Waals surface area contributed by atoms with Gasteiger partial charge in [-0.05, 0) is 18.3 Å². The van der Waals surface area contributed by atoms with Crippen LogP contribution in [0.25, 0.3) is 0 Å². The van der Waals surface area contributed by atoms with Crippen LogP contribution in [0.4, 0.5) is 0 Å². The molecule has 0 N–H and O–H groups in total. The van der Waals surface area contributed by atoms with Crippen molar-refractivity contribution in [3.8, 4) is 0 Å². The van der Waals surface area contributed by atoms with Crippen LogP contribution in [0.15, 0.2) is 34.3 Å². The van der Waals surface area contributed by atoms with Crippen LogP contribution >= 0.6 is 12.2 Å². The van der Waals surface area contributed by atoms with Crippen molar-refractivity contribution in [2.45, 2.75) is 12.1 Å². The molecule has 98 valence electrons. The highest BCUT2D eigenvalue weighted by molar-refractivity contribution is 7.91. The van der Waals surface area contributed by atoms with Gasteiger partial charge in [-0.25, -0.2) is 13.4 Å². The third kappa shape index (κ3) is 1.58. The van der Waals surface area contributed by atoms with Crippen molar-refractivity contribution >= 4 is 38.7 Å². The van der Waals surface area contributed by atoms with Crippen LogP contribution in [0.3, 0.4) is 0 Å². The van der Waals surface area contributed by atoms with Gasteiger partial charge in [-0.3, -0.25) is 9.89 Å². The van der Waals surface area contributed by atoms with E-state index in [2.05, 4.69) is 9.98 Å². The number of hydrogen-bond acceptors (Lipinski definition) is 4. The van der Waals surface area contributed by atoms with E-state index in [1.807, 2.05) is 29.2 Å². The van der Waals surface area contributed by atoms with E-state index in [0.29, 0.717) is 5.11 Å². The first-order valence-corrected chi connectivity index (χ1v) is 8.33. The normalized spacial score (nSPS) is 37.6. The highest BCUT2D eigenvalue weighted by atomic mass is 32.2. The molecule has 3 heterocycles. The Hall–Kier alpha value is -1.34. The van der Waals surface area contributed by atoms with Crippen LogP contribution in [-0.4, -0.2) is 53.6 Å². The zero-order valence-electron chi connectivity index (χ0n) is 9.93. The summed E-state index contributed by atoms with van der Waals surface area (Å²) in [6, 6.07) is -0.344. The predicted molar refractivity (Wildman–Crippen MR) is 77.3 cm³/mol. The first kappa shape index (κ1) is 11.5. The first-order valence-electron chi connectivity index (χ1n) is 6.10. The van der Waals surface area contributed by atoms with Gasteiger partial charge in [0.05, 0.1) is 35.2 Å². The van der Waals surface area contributed by atoms with Gasteiger partial charge in [0.2, 0.25) is 5.11 Å². The quantitative estimate of drug-likeness (QED) is 0.605. The van der Waals surface area contributed by atoms with E-state index in [0.717, 1.165) is 11.5 Å². The molecule has 0 aromatic carbocycles. The van der Waals surface area contributed by atoms with Crippen molar-refractivity contribution in [3.63, 3.8) is 0 Å². The number of allylic oxidation sites excluding steroid dienone is 3. The summed E-state index contributed by atoms with van der Waals surface area (Å²) in [5.41, 5.74) is 0.894. The minimum absolute atomic E-state index is 0.0185. The van der Waals surface area contributed by atoms with Crippen molar-refractivity contribution in [2.75, 3.05) is 11.5 Å². The number of aliphatic imine (C=N–C) groups is 2. The molecule has 0 aromatic rings. The SMILES string of the molecule is O=S1(=O)CC2N=C3C4C=CC=CC4=NC(=S)N3C2C1. The Morgan fingerprint density at radius 1 is 1.32 bits per heavy atom. The Morgan fingerprint density at radius 3 is 3.00 bits per heavy atom. The first-order chi connectivity index (χ1) is 9.05. The van der Waals surface area contributed by atoms with E-state index in [9.17, 15) is 8.42 Å². The van der Waals surface area contributed by atoms with Crippen molar-refractivity contribution in [1.29, 1.82) is 0 Å². The zero-order chi connectivity index (χ0) is 13.2. The lowest BCUT2D eigenvalue weighted by Gasteiger charge is -2.33. The van der Waals surface area contributed by atoms with Crippen LogP contribution < -0.4 is 0 Å². The Labute approximate surface area is 116 Å². The number of fused-ring (bicyclic) bond motifs is 5. The molecular formula is C12H11N3O2S2. The summed E-state index contributed by atoms with van der Waals surface area (Å²) >= 11 is 5.32. The predicted octanol–water partition coefficient (Wildman–Crippen LogP) is 0.348. The van der Waals surface area contributed by atoms with E-state index in [1.165, 1.54) is 0 Å². The highest BCUT2D eigenvalue weighted by Crippen LogP contribution is 2.34. The molecule has 0 radical (unpaired) electrons. The summed E-state index contributed by atoms with van der Waals surface area (Å²) in [5.74, 6) is 1.13. The summed E-state index contributed by atoms with van der Waals surface area (Å²) in [4.78, 5) is 10.9. The Morgan fingerprint density at radius 2 is 2.16 bits per heavy atom. The smallest absolute Gasteiger partial charge is 0.201 e. The van der Waals surface area contributed by atoms with E-state index in [1.54, 1.807) is 0 Å². The van der Waals surface area contributed by atoms with Crippen LogP contribution in [-0.2, 0) is 9.84 Å². The maximum Gasteiger partial charge on any atom is 0.201 e. The number of rotatable bonds is 0. The fourth-order valence-corrected chi connectivity index (χ4v) is 5.25. The maximum atomic E-state index is 11.7. The topological polar surface area (TPSA) is 62.1 Å². The minimum Gasteiger partial charge on any atom is -0.298 e. The van der Waals surface area contributed by atoms with Gasteiger partial charge in [0.25, 0.3) is 0 Å². The molecule has 0 aromatic heterocycles. The number of thiocarbonyl (C=S) groups is 1. The van der Waals surface area contributed by atoms with Crippen LogP contribution in [0, 0.1) is 5.92 Å². The number of hydrogen-bond donors (Lipinski definition) is 0. The zero-order valence-corrected chi connectivity index (χ0v) is 11.6. The van der Waals surface area contributed by atoms with Crippen LogP contribution in [0.5, 0.6) is 0 Å². The lowest BCUT2D eigenvalue weighted by Crippen LogP contribution is -2.49. The molecule has 0 amide bonds. The standard InChI is InChI=1S/C12H11N3O2S2/c16-19(17)5-9-10(6-19)15-11(13-9)7-3-1-2-4-8(7)14-12(15)18/h1-4,7,9-10H,5-6H2. The molecule has 4 rings (SSSR count). The number of nitrogens with zero attached hydrogens (tertiary/aromatic N) is 3. The molecule has 7 heteroatoms. The summed E-state index contributed by atoms with van der Waals surface area (Å²) in [6.07, 6.45) is 7.85.